The molecule has 1 aliphatic carbocycles. The maximum atomic E-state index is 11.8. The largest absolute Gasteiger partial charge is 0.478 e. The van der Waals surface area contributed by atoms with Gasteiger partial charge in [-0.1, -0.05) is 30.4 Å². The molecule has 1 saturated heterocycles. The predicted octanol–water partition coefficient (Wildman–Crippen LogP) is 1.66. The standard InChI is InChI=1S/C17H10O7/c18-14(19)10-5-4-8(7-12(10)15(20)21)6-9-2-1-3-11-13(9)17(23)24-16(11)22/h1-7,13H,(H,18,19)(H,20,21). The molecule has 7 nitrogen and oxygen atoms in total. The zero-order valence-electron chi connectivity index (χ0n) is 12.1. The lowest BCUT2D eigenvalue weighted by atomic mass is 9.87. The average molecular weight is 326 g/mol. The fraction of sp³-hybridized carbons (Fsp3) is 0.0588. The van der Waals surface area contributed by atoms with E-state index in [0.29, 0.717) is 11.1 Å². The summed E-state index contributed by atoms with van der Waals surface area (Å²) in [7, 11) is 0. The van der Waals surface area contributed by atoms with Gasteiger partial charge in [0.25, 0.3) is 0 Å². The monoisotopic (exact) mass is 326 g/mol. The number of carboxylic acid groups (broad SMARTS) is 2. The number of esters is 2. The van der Waals surface area contributed by atoms with Gasteiger partial charge >= 0.3 is 23.9 Å². The SMILES string of the molecule is O=C1OC(=O)C2C(=Cc3ccc(C(=O)O)c(C(=O)O)c3)C=CC=C12. The van der Waals surface area contributed by atoms with Gasteiger partial charge in [-0.3, -0.25) is 4.79 Å². The zero-order valence-corrected chi connectivity index (χ0v) is 12.1. The van der Waals surface area contributed by atoms with Gasteiger partial charge in [0.15, 0.2) is 0 Å². The molecule has 1 aromatic rings. The first kappa shape index (κ1) is 15.4. The number of carbonyl (C=O) groups excluding carboxylic acids is 2. The summed E-state index contributed by atoms with van der Waals surface area (Å²) in [5, 5.41) is 18.2. The van der Waals surface area contributed by atoms with Crippen molar-refractivity contribution in [3.8, 4) is 0 Å². The summed E-state index contributed by atoms with van der Waals surface area (Å²) >= 11 is 0. The van der Waals surface area contributed by atoms with Crippen LogP contribution in [0.2, 0.25) is 0 Å². The van der Waals surface area contributed by atoms with Crippen molar-refractivity contribution in [1.82, 2.24) is 0 Å². The number of ether oxygens (including phenoxy) is 1. The van der Waals surface area contributed by atoms with Crippen molar-refractivity contribution in [3.63, 3.8) is 0 Å². The smallest absolute Gasteiger partial charge is 0.342 e. The van der Waals surface area contributed by atoms with E-state index in [4.69, 9.17) is 10.2 Å². The number of carbonyl (C=O) groups is 4. The van der Waals surface area contributed by atoms with Gasteiger partial charge in [0, 0.05) is 0 Å². The van der Waals surface area contributed by atoms with Gasteiger partial charge in [-0.25, -0.2) is 14.4 Å². The normalized spacial score (nSPS) is 20.6. The molecule has 2 N–H and O–H groups in total. The lowest BCUT2D eigenvalue weighted by molar-refractivity contribution is -0.152. The quantitative estimate of drug-likeness (QED) is 0.640. The van der Waals surface area contributed by atoms with Gasteiger partial charge in [0.1, 0.15) is 5.92 Å². The molecule has 1 unspecified atom stereocenters. The van der Waals surface area contributed by atoms with Gasteiger partial charge < -0.3 is 14.9 Å². The maximum Gasteiger partial charge on any atom is 0.342 e. The second-order valence-corrected chi connectivity index (χ2v) is 5.18. The number of allylic oxidation sites excluding steroid dienone is 3. The van der Waals surface area contributed by atoms with Gasteiger partial charge in [-0.15, -0.1) is 0 Å². The molecule has 1 aliphatic heterocycles. The summed E-state index contributed by atoms with van der Waals surface area (Å²) in [6, 6.07) is 3.81. The van der Waals surface area contributed by atoms with Crippen LogP contribution in [0.15, 0.2) is 47.6 Å². The molecule has 1 fully saturated rings. The van der Waals surface area contributed by atoms with Crippen LogP contribution in [0.1, 0.15) is 26.3 Å². The van der Waals surface area contributed by atoms with Crippen LogP contribution in [-0.4, -0.2) is 34.1 Å². The number of aromatic carboxylic acids is 2. The van der Waals surface area contributed by atoms with Crippen LogP contribution in [0, 0.1) is 5.92 Å². The highest BCUT2D eigenvalue weighted by molar-refractivity contribution is 6.10. The maximum absolute atomic E-state index is 11.8. The lowest BCUT2D eigenvalue weighted by Gasteiger charge is -2.12. The Kier molecular flexibility index (Phi) is 3.61. The van der Waals surface area contributed by atoms with Crippen LogP contribution in [-0.2, 0) is 14.3 Å². The van der Waals surface area contributed by atoms with Gasteiger partial charge in [0.2, 0.25) is 0 Å². The first-order chi connectivity index (χ1) is 11.4. The van der Waals surface area contributed by atoms with E-state index in [-0.39, 0.29) is 16.7 Å². The van der Waals surface area contributed by atoms with E-state index in [2.05, 4.69) is 4.74 Å². The molecule has 0 radical (unpaired) electrons. The number of hydrogen-bond donors (Lipinski definition) is 2. The third-order valence-electron chi connectivity index (χ3n) is 3.71. The molecule has 0 bridgehead atoms. The molecule has 0 saturated carbocycles. The number of benzene rings is 1. The Labute approximate surface area is 135 Å². The molecule has 1 atom stereocenters. The van der Waals surface area contributed by atoms with Gasteiger partial charge in [-0.05, 0) is 23.3 Å². The lowest BCUT2D eigenvalue weighted by Crippen LogP contribution is -2.13. The minimum absolute atomic E-state index is 0.217. The first-order valence-corrected chi connectivity index (χ1v) is 6.85. The van der Waals surface area contributed by atoms with E-state index in [1.54, 1.807) is 12.2 Å². The summed E-state index contributed by atoms with van der Waals surface area (Å²) in [5.41, 5.74) is 0.375. The van der Waals surface area contributed by atoms with Crippen LogP contribution in [0.3, 0.4) is 0 Å². The molecule has 0 spiro atoms. The Bertz CT molecular complexity index is 886. The summed E-state index contributed by atoms with van der Waals surface area (Å²) in [4.78, 5) is 45.7. The Balaban J connectivity index is 2.05. The number of hydrogen-bond acceptors (Lipinski definition) is 5. The Morgan fingerprint density at radius 2 is 1.79 bits per heavy atom. The Morgan fingerprint density at radius 3 is 2.46 bits per heavy atom. The third kappa shape index (κ3) is 2.52. The minimum Gasteiger partial charge on any atom is -0.478 e. The summed E-state index contributed by atoms with van der Waals surface area (Å²) < 4.78 is 4.59. The van der Waals surface area contributed by atoms with Crippen molar-refractivity contribution < 1.29 is 34.1 Å². The molecule has 2 aliphatic rings. The molecule has 3 rings (SSSR count). The van der Waals surface area contributed by atoms with Crippen molar-refractivity contribution >= 4 is 30.0 Å². The minimum atomic E-state index is -1.37. The molecule has 120 valence electrons. The van der Waals surface area contributed by atoms with E-state index in [0.717, 1.165) is 0 Å². The second kappa shape index (κ2) is 5.62. The molecule has 1 aromatic carbocycles. The van der Waals surface area contributed by atoms with Crippen molar-refractivity contribution in [2.24, 2.45) is 5.92 Å². The highest BCUT2D eigenvalue weighted by Gasteiger charge is 2.41. The third-order valence-corrected chi connectivity index (χ3v) is 3.71. The van der Waals surface area contributed by atoms with Crippen LogP contribution >= 0.6 is 0 Å². The summed E-state index contributed by atoms with van der Waals surface area (Å²) in [6.07, 6.45) is 6.21. The van der Waals surface area contributed by atoms with Crippen molar-refractivity contribution in [3.05, 3.63) is 64.3 Å². The van der Waals surface area contributed by atoms with Gasteiger partial charge in [0.05, 0.1) is 16.7 Å². The molecule has 0 amide bonds. The number of rotatable bonds is 3. The molecular weight excluding hydrogens is 316 g/mol. The Hall–Kier alpha value is -3.48. The number of carboxylic acids is 2. The van der Waals surface area contributed by atoms with Crippen LogP contribution in [0.25, 0.3) is 6.08 Å². The van der Waals surface area contributed by atoms with E-state index < -0.39 is 29.8 Å². The van der Waals surface area contributed by atoms with Crippen LogP contribution < -0.4 is 0 Å². The molecule has 24 heavy (non-hydrogen) atoms. The highest BCUT2D eigenvalue weighted by Crippen LogP contribution is 2.34. The Morgan fingerprint density at radius 1 is 1.08 bits per heavy atom. The van der Waals surface area contributed by atoms with Crippen LogP contribution in [0.5, 0.6) is 0 Å². The van der Waals surface area contributed by atoms with Crippen LogP contribution in [0.4, 0.5) is 0 Å². The molecule has 7 heteroatoms. The molecular formula is C17H10O7. The van der Waals surface area contributed by atoms with Crippen molar-refractivity contribution in [2.45, 2.75) is 0 Å². The first-order valence-electron chi connectivity index (χ1n) is 6.85. The molecule has 1 heterocycles. The summed E-state index contributed by atoms with van der Waals surface area (Å²) in [6.45, 7) is 0. The fourth-order valence-corrected chi connectivity index (χ4v) is 2.63. The topological polar surface area (TPSA) is 118 Å². The van der Waals surface area contributed by atoms with Crippen molar-refractivity contribution in [2.75, 3.05) is 0 Å². The van der Waals surface area contributed by atoms with E-state index in [9.17, 15) is 19.2 Å². The summed E-state index contributed by atoms with van der Waals surface area (Å²) in [5.74, 6) is -4.97. The number of fused-ring (bicyclic) bond motifs is 1. The van der Waals surface area contributed by atoms with Gasteiger partial charge in [-0.2, -0.15) is 0 Å². The molecule has 0 aromatic heterocycles. The van der Waals surface area contributed by atoms with E-state index in [1.807, 2.05) is 0 Å². The average Bonchev–Trinajstić information content (AvgIpc) is 2.82. The van der Waals surface area contributed by atoms with E-state index >= 15 is 0 Å². The zero-order chi connectivity index (χ0) is 17.4. The fourth-order valence-electron chi connectivity index (χ4n) is 2.63. The highest BCUT2D eigenvalue weighted by atomic mass is 16.6. The van der Waals surface area contributed by atoms with Crippen molar-refractivity contribution in [1.29, 1.82) is 0 Å². The number of cyclic esters (lactones) is 2. The second-order valence-electron chi connectivity index (χ2n) is 5.18. The predicted molar refractivity (Wildman–Crippen MR) is 80.1 cm³/mol. The van der Waals surface area contributed by atoms with E-state index in [1.165, 1.54) is 30.4 Å².